The van der Waals surface area contributed by atoms with Crippen LogP contribution in [0.3, 0.4) is 0 Å². The fraction of sp³-hybridized carbons (Fsp3) is 0.600. The molecule has 0 bridgehead atoms. The molecule has 1 saturated carbocycles. The van der Waals surface area contributed by atoms with Crippen LogP contribution in [-0.4, -0.2) is 36.7 Å². The summed E-state index contributed by atoms with van der Waals surface area (Å²) in [5.74, 6) is 1.50. The Morgan fingerprint density at radius 3 is 2.40 bits per heavy atom. The Labute approximate surface area is 210 Å². The molecule has 4 rings (SSSR count). The van der Waals surface area contributed by atoms with E-state index in [4.69, 9.17) is 9.47 Å². The molecule has 35 heavy (non-hydrogen) atoms. The van der Waals surface area contributed by atoms with Gasteiger partial charge in [-0.2, -0.15) is 5.26 Å². The fourth-order valence-corrected chi connectivity index (χ4v) is 5.99. The van der Waals surface area contributed by atoms with Crippen LogP contribution >= 0.6 is 0 Å². The Balaban J connectivity index is 1.52. The van der Waals surface area contributed by atoms with Crippen molar-refractivity contribution in [3.63, 3.8) is 0 Å². The highest BCUT2D eigenvalue weighted by molar-refractivity contribution is 5.90. The maximum atomic E-state index is 12.2. The third kappa shape index (κ3) is 5.81. The number of fused-ring (bicyclic) bond motifs is 1. The van der Waals surface area contributed by atoms with Gasteiger partial charge in [0.05, 0.1) is 18.6 Å². The molecule has 2 aromatic carbocycles. The van der Waals surface area contributed by atoms with Crippen LogP contribution < -0.4 is 4.74 Å². The van der Waals surface area contributed by atoms with E-state index in [9.17, 15) is 10.1 Å². The number of carbonyl (C=O) groups is 1. The van der Waals surface area contributed by atoms with Gasteiger partial charge in [0.15, 0.2) is 0 Å². The molecule has 0 amide bonds. The van der Waals surface area contributed by atoms with E-state index < -0.39 is 0 Å². The molecule has 5 heteroatoms. The fourth-order valence-electron chi connectivity index (χ4n) is 5.99. The lowest BCUT2D eigenvalue weighted by atomic mass is 9.86. The topological polar surface area (TPSA) is 62.6 Å². The van der Waals surface area contributed by atoms with Gasteiger partial charge in [0.2, 0.25) is 0 Å². The molecule has 0 radical (unpaired) electrons. The number of hydrogen-bond donors (Lipinski definition) is 0. The highest BCUT2D eigenvalue weighted by Gasteiger charge is 2.30. The van der Waals surface area contributed by atoms with Gasteiger partial charge in [-0.1, -0.05) is 38.5 Å². The number of carbonyl (C=O) groups excluding carboxylic acids is 1. The molecule has 0 spiro atoms. The van der Waals surface area contributed by atoms with Gasteiger partial charge in [0, 0.05) is 11.4 Å². The summed E-state index contributed by atoms with van der Waals surface area (Å²) in [6, 6.07) is 13.3. The van der Waals surface area contributed by atoms with E-state index in [0.29, 0.717) is 12.2 Å². The van der Waals surface area contributed by atoms with E-state index in [1.165, 1.54) is 24.8 Å². The molecule has 1 saturated heterocycles. The summed E-state index contributed by atoms with van der Waals surface area (Å²) in [5, 5.41) is 12.2. The summed E-state index contributed by atoms with van der Waals surface area (Å²) >= 11 is 0. The van der Waals surface area contributed by atoms with Crippen molar-refractivity contribution < 1.29 is 14.3 Å². The van der Waals surface area contributed by atoms with Gasteiger partial charge in [0.1, 0.15) is 17.4 Å². The van der Waals surface area contributed by atoms with Gasteiger partial charge in [-0.3, -0.25) is 9.69 Å². The maximum Gasteiger partial charge on any atom is 0.309 e. The van der Waals surface area contributed by atoms with E-state index in [1.807, 2.05) is 13.0 Å². The number of hydrogen-bond acceptors (Lipinski definition) is 5. The summed E-state index contributed by atoms with van der Waals surface area (Å²) in [4.78, 5) is 14.6. The monoisotopic (exact) mass is 476 g/mol. The normalized spacial score (nSPS) is 22.5. The first kappa shape index (κ1) is 25.5. The molecule has 1 aliphatic carbocycles. The number of benzene rings is 2. The van der Waals surface area contributed by atoms with E-state index >= 15 is 0 Å². The van der Waals surface area contributed by atoms with Crippen LogP contribution in [0.4, 0.5) is 0 Å². The standard InChI is InChI=1S/C30H40N2O3/c1-4-21-7-12-25(13-8-21)35-29-14-11-22-9-10-24(19-26(22)27(29)20-31)28(5-2)32-17-15-23(16-18-32)30(33)34-6-3/h9-11,14,19,21,23,25,28H,4-8,12-13,15-18H2,1-3H3/t21-,25+,28?. The summed E-state index contributed by atoms with van der Waals surface area (Å²) < 4.78 is 11.6. The third-order valence-electron chi connectivity index (χ3n) is 8.15. The van der Waals surface area contributed by atoms with E-state index in [-0.39, 0.29) is 24.0 Å². The molecule has 5 nitrogen and oxygen atoms in total. The lowest BCUT2D eigenvalue weighted by Crippen LogP contribution is -2.39. The minimum absolute atomic E-state index is 0.0117. The average Bonchev–Trinajstić information content (AvgIpc) is 2.90. The summed E-state index contributed by atoms with van der Waals surface area (Å²) in [5.41, 5.74) is 1.88. The lowest BCUT2D eigenvalue weighted by molar-refractivity contribution is -0.149. The zero-order valence-electron chi connectivity index (χ0n) is 21.6. The van der Waals surface area contributed by atoms with Gasteiger partial charge < -0.3 is 9.47 Å². The first-order valence-electron chi connectivity index (χ1n) is 13.6. The predicted octanol–water partition coefficient (Wildman–Crippen LogP) is 6.79. The molecule has 2 aromatic rings. The minimum Gasteiger partial charge on any atom is -0.489 e. The van der Waals surface area contributed by atoms with Crippen molar-refractivity contribution in [2.75, 3.05) is 19.7 Å². The van der Waals surface area contributed by atoms with Crippen LogP contribution in [0.15, 0.2) is 30.3 Å². The van der Waals surface area contributed by atoms with Gasteiger partial charge in [0.25, 0.3) is 0 Å². The highest BCUT2D eigenvalue weighted by atomic mass is 16.5. The van der Waals surface area contributed by atoms with Gasteiger partial charge >= 0.3 is 5.97 Å². The second-order valence-electron chi connectivity index (χ2n) is 10.2. The Kier molecular flexibility index (Phi) is 8.68. The van der Waals surface area contributed by atoms with Crippen molar-refractivity contribution in [2.45, 2.75) is 84.3 Å². The van der Waals surface area contributed by atoms with Crippen molar-refractivity contribution in [1.29, 1.82) is 5.26 Å². The van der Waals surface area contributed by atoms with Crippen LogP contribution in [-0.2, 0) is 9.53 Å². The summed E-state index contributed by atoms with van der Waals surface area (Å²) in [6.45, 7) is 8.56. The molecule has 1 aliphatic heterocycles. The Morgan fingerprint density at radius 1 is 1.06 bits per heavy atom. The van der Waals surface area contributed by atoms with E-state index in [1.54, 1.807) is 0 Å². The van der Waals surface area contributed by atoms with Crippen LogP contribution in [0.5, 0.6) is 5.75 Å². The van der Waals surface area contributed by atoms with Crippen LogP contribution in [0.2, 0.25) is 0 Å². The Hall–Kier alpha value is -2.58. The number of piperidine rings is 1. The number of nitriles is 1. The molecule has 1 heterocycles. The summed E-state index contributed by atoms with van der Waals surface area (Å²) in [6.07, 6.45) is 8.67. The first-order valence-corrected chi connectivity index (χ1v) is 13.6. The molecule has 1 unspecified atom stereocenters. The predicted molar refractivity (Wildman–Crippen MR) is 139 cm³/mol. The number of likely N-dealkylation sites (tertiary alicyclic amines) is 1. The molecular weight excluding hydrogens is 436 g/mol. The molecule has 188 valence electrons. The van der Waals surface area contributed by atoms with Crippen molar-refractivity contribution >= 4 is 16.7 Å². The SMILES string of the molecule is CCOC(=O)C1CCN(C(CC)c2ccc3ccc(O[C@H]4CC[C@@H](CC)CC4)c(C#N)c3c2)CC1. The number of nitrogens with zero attached hydrogens (tertiary/aromatic N) is 2. The minimum atomic E-state index is -0.0553. The van der Waals surface area contributed by atoms with Crippen LogP contribution in [0.25, 0.3) is 10.8 Å². The average molecular weight is 477 g/mol. The summed E-state index contributed by atoms with van der Waals surface area (Å²) in [7, 11) is 0. The van der Waals surface area contributed by atoms with E-state index in [0.717, 1.165) is 67.6 Å². The molecule has 0 aromatic heterocycles. The van der Waals surface area contributed by atoms with Crippen molar-refractivity contribution in [3.05, 3.63) is 41.5 Å². The van der Waals surface area contributed by atoms with Crippen molar-refractivity contribution in [1.82, 2.24) is 4.90 Å². The quantitative estimate of drug-likeness (QED) is 0.393. The maximum absolute atomic E-state index is 12.2. The zero-order valence-corrected chi connectivity index (χ0v) is 21.6. The first-order chi connectivity index (χ1) is 17.1. The number of rotatable bonds is 8. The lowest BCUT2D eigenvalue weighted by Gasteiger charge is -2.37. The Bertz CT molecular complexity index is 1040. The van der Waals surface area contributed by atoms with Gasteiger partial charge in [-0.15, -0.1) is 0 Å². The third-order valence-corrected chi connectivity index (χ3v) is 8.15. The number of ether oxygens (including phenoxy) is 2. The second-order valence-corrected chi connectivity index (χ2v) is 10.2. The molecule has 2 aliphatic rings. The van der Waals surface area contributed by atoms with Crippen LogP contribution in [0, 0.1) is 23.2 Å². The second kappa shape index (κ2) is 11.9. The number of esters is 1. The molecule has 1 atom stereocenters. The van der Waals surface area contributed by atoms with Crippen molar-refractivity contribution in [3.8, 4) is 11.8 Å². The van der Waals surface area contributed by atoms with E-state index in [2.05, 4.69) is 49.1 Å². The van der Waals surface area contributed by atoms with Crippen LogP contribution in [0.1, 0.15) is 89.3 Å². The van der Waals surface area contributed by atoms with Crippen molar-refractivity contribution in [2.24, 2.45) is 11.8 Å². The highest BCUT2D eigenvalue weighted by Crippen LogP contribution is 2.36. The molecule has 2 fully saturated rings. The van der Waals surface area contributed by atoms with Gasteiger partial charge in [-0.25, -0.2) is 0 Å². The van der Waals surface area contributed by atoms with Gasteiger partial charge in [-0.05, 0) is 94.0 Å². The molecular formula is C30H40N2O3. The smallest absolute Gasteiger partial charge is 0.309 e. The Morgan fingerprint density at radius 2 is 1.77 bits per heavy atom. The molecule has 0 N–H and O–H groups in total. The largest absolute Gasteiger partial charge is 0.489 e. The zero-order chi connectivity index (χ0) is 24.8.